The van der Waals surface area contributed by atoms with Crippen LogP contribution >= 0.6 is 0 Å². The van der Waals surface area contributed by atoms with Crippen molar-refractivity contribution in [1.82, 2.24) is 10.2 Å². The Balaban J connectivity index is 1.92. The van der Waals surface area contributed by atoms with Gasteiger partial charge < -0.3 is 15.0 Å². The summed E-state index contributed by atoms with van der Waals surface area (Å²) in [6.45, 7) is 13.8. The van der Waals surface area contributed by atoms with E-state index in [1.165, 1.54) is 45.3 Å². The Bertz CT molecular complexity index is 261. The van der Waals surface area contributed by atoms with E-state index in [0.717, 1.165) is 25.7 Å². The van der Waals surface area contributed by atoms with E-state index in [1.807, 2.05) is 0 Å². The SMILES string of the molecule is CC1CCCN(CC2(CNC(C)C)CCOCC2)C1. The summed E-state index contributed by atoms with van der Waals surface area (Å²) in [5.41, 5.74) is 0.444. The summed E-state index contributed by atoms with van der Waals surface area (Å²) in [7, 11) is 0. The molecule has 1 atom stereocenters. The van der Waals surface area contributed by atoms with Crippen LogP contribution in [0.4, 0.5) is 0 Å². The van der Waals surface area contributed by atoms with Gasteiger partial charge in [0.25, 0.3) is 0 Å². The van der Waals surface area contributed by atoms with Crippen LogP contribution in [0.1, 0.15) is 46.5 Å². The molecule has 2 fully saturated rings. The fourth-order valence-corrected chi connectivity index (χ4v) is 3.52. The van der Waals surface area contributed by atoms with Crippen molar-refractivity contribution in [1.29, 1.82) is 0 Å². The Morgan fingerprint density at radius 1 is 1.32 bits per heavy atom. The Morgan fingerprint density at radius 2 is 2.05 bits per heavy atom. The molecule has 2 aliphatic rings. The number of likely N-dealkylation sites (tertiary alicyclic amines) is 1. The van der Waals surface area contributed by atoms with Crippen LogP contribution in [0.15, 0.2) is 0 Å². The molecule has 0 spiro atoms. The molecule has 0 aromatic carbocycles. The largest absolute Gasteiger partial charge is 0.381 e. The van der Waals surface area contributed by atoms with Gasteiger partial charge in [-0.05, 0) is 43.6 Å². The first-order chi connectivity index (χ1) is 9.10. The Hall–Kier alpha value is -0.120. The maximum Gasteiger partial charge on any atom is 0.0472 e. The highest BCUT2D eigenvalue weighted by atomic mass is 16.5. The van der Waals surface area contributed by atoms with Crippen LogP contribution in [0.2, 0.25) is 0 Å². The molecule has 0 amide bonds. The van der Waals surface area contributed by atoms with Gasteiger partial charge in [0.15, 0.2) is 0 Å². The molecule has 19 heavy (non-hydrogen) atoms. The van der Waals surface area contributed by atoms with E-state index in [0.29, 0.717) is 11.5 Å². The standard InChI is InChI=1S/C16H32N2O/c1-14(2)17-12-16(6-9-19-10-7-16)13-18-8-4-5-15(3)11-18/h14-15,17H,4-13H2,1-3H3. The second-order valence-electron chi connectivity index (χ2n) is 7.13. The number of hydrogen-bond acceptors (Lipinski definition) is 3. The third-order valence-electron chi connectivity index (χ3n) is 4.74. The lowest BCUT2D eigenvalue weighted by Gasteiger charge is -2.43. The summed E-state index contributed by atoms with van der Waals surface area (Å²) in [5.74, 6) is 0.878. The van der Waals surface area contributed by atoms with Gasteiger partial charge in [-0.3, -0.25) is 0 Å². The summed E-state index contributed by atoms with van der Waals surface area (Å²) < 4.78 is 5.60. The zero-order valence-electron chi connectivity index (χ0n) is 13.1. The lowest BCUT2D eigenvalue weighted by atomic mass is 9.78. The lowest BCUT2D eigenvalue weighted by molar-refractivity contribution is -0.0111. The second kappa shape index (κ2) is 7.05. The van der Waals surface area contributed by atoms with Gasteiger partial charge in [0.05, 0.1) is 0 Å². The minimum absolute atomic E-state index is 0.444. The minimum atomic E-state index is 0.444. The first-order valence-corrected chi connectivity index (χ1v) is 8.13. The molecular formula is C16H32N2O. The van der Waals surface area contributed by atoms with E-state index >= 15 is 0 Å². The van der Waals surface area contributed by atoms with Gasteiger partial charge in [0.2, 0.25) is 0 Å². The predicted octanol–water partition coefficient (Wildman–Crippen LogP) is 2.51. The van der Waals surface area contributed by atoms with Gasteiger partial charge in [-0.2, -0.15) is 0 Å². The molecule has 0 aromatic rings. The molecule has 0 bridgehead atoms. The number of nitrogens with zero attached hydrogens (tertiary/aromatic N) is 1. The Kier molecular flexibility index (Phi) is 5.67. The minimum Gasteiger partial charge on any atom is -0.381 e. The van der Waals surface area contributed by atoms with Crippen molar-refractivity contribution in [2.24, 2.45) is 11.3 Å². The van der Waals surface area contributed by atoms with E-state index in [-0.39, 0.29) is 0 Å². The van der Waals surface area contributed by atoms with E-state index in [2.05, 4.69) is 31.0 Å². The van der Waals surface area contributed by atoms with Gasteiger partial charge in [0.1, 0.15) is 0 Å². The summed E-state index contributed by atoms with van der Waals surface area (Å²) in [6, 6.07) is 0.583. The molecule has 3 nitrogen and oxygen atoms in total. The highest BCUT2D eigenvalue weighted by Gasteiger charge is 2.35. The van der Waals surface area contributed by atoms with Gasteiger partial charge in [0, 0.05) is 38.9 Å². The summed E-state index contributed by atoms with van der Waals surface area (Å²) >= 11 is 0. The Morgan fingerprint density at radius 3 is 2.68 bits per heavy atom. The number of rotatable bonds is 5. The van der Waals surface area contributed by atoms with Gasteiger partial charge in [-0.25, -0.2) is 0 Å². The molecule has 0 saturated carbocycles. The third-order valence-corrected chi connectivity index (χ3v) is 4.74. The molecule has 0 aromatic heterocycles. The molecule has 2 heterocycles. The van der Waals surface area contributed by atoms with Crippen LogP contribution in [0.3, 0.4) is 0 Å². The molecule has 2 aliphatic heterocycles. The molecule has 2 rings (SSSR count). The van der Waals surface area contributed by atoms with Crippen molar-refractivity contribution in [3.63, 3.8) is 0 Å². The normalized spacial score (nSPS) is 28.7. The fraction of sp³-hybridized carbons (Fsp3) is 1.00. The highest BCUT2D eigenvalue weighted by molar-refractivity contribution is 4.89. The van der Waals surface area contributed by atoms with Crippen molar-refractivity contribution >= 4 is 0 Å². The molecule has 0 radical (unpaired) electrons. The Labute approximate surface area is 119 Å². The first-order valence-electron chi connectivity index (χ1n) is 8.13. The van der Waals surface area contributed by atoms with E-state index in [4.69, 9.17) is 4.74 Å². The summed E-state index contributed by atoms with van der Waals surface area (Å²) in [6.07, 6.45) is 5.23. The monoisotopic (exact) mass is 268 g/mol. The topological polar surface area (TPSA) is 24.5 Å². The molecule has 3 heteroatoms. The van der Waals surface area contributed by atoms with Crippen LogP contribution < -0.4 is 5.32 Å². The number of piperidine rings is 1. The third kappa shape index (κ3) is 4.73. The molecule has 0 aliphatic carbocycles. The molecule has 2 saturated heterocycles. The molecule has 112 valence electrons. The van der Waals surface area contributed by atoms with Crippen molar-refractivity contribution in [3.8, 4) is 0 Å². The predicted molar refractivity (Wildman–Crippen MR) is 80.5 cm³/mol. The van der Waals surface area contributed by atoms with Crippen molar-refractivity contribution in [2.75, 3.05) is 39.4 Å². The van der Waals surface area contributed by atoms with Crippen LogP contribution in [-0.4, -0.2) is 50.3 Å². The average molecular weight is 268 g/mol. The quantitative estimate of drug-likeness (QED) is 0.829. The maximum atomic E-state index is 5.60. The first kappa shape index (κ1) is 15.3. The average Bonchev–Trinajstić information content (AvgIpc) is 2.38. The van der Waals surface area contributed by atoms with Crippen molar-refractivity contribution in [3.05, 3.63) is 0 Å². The summed E-state index contributed by atoms with van der Waals surface area (Å²) in [5, 5.41) is 3.67. The molecule has 1 N–H and O–H groups in total. The van der Waals surface area contributed by atoms with Crippen LogP contribution in [-0.2, 0) is 4.74 Å². The fourth-order valence-electron chi connectivity index (χ4n) is 3.52. The molecule has 1 unspecified atom stereocenters. The zero-order chi connectivity index (χ0) is 13.7. The van der Waals surface area contributed by atoms with E-state index < -0.39 is 0 Å². The van der Waals surface area contributed by atoms with Crippen molar-refractivity contribution in [2.45, 2.75) is 52.5 Å². The lowest BCUT2D eigenvalue weighted by Crippen LogP contribution is -2.50. The van der Waals surface area contributed by atoms with Gasteiger partial charge >= 0.3 is 0 Å². The smallest absolute Gasteiger partial charge is 0.0472 e. The van der Waals surface area contributed by atoms with Crippen LogP contribution in [0.5, 0.6) is 0 Å². The number of ether oxygens (including phenoxy) is 1. The van der Waals surface area contributed by atoms with E-state index in [1.54, 1.807) is 0 Å². The van der Waals surface area contributed by atoms with Gasteiger partial charge in [-0.15, -0.1) is 0 Å². The van der Waals surface area contributed by atoms with E-state index in [9.17, 15) is 0 Å². The number of nitrogens with one attached hydrogen (secondary N) is 1. The van der Waals surface area contributed by atoms with Crippen LogP contribution in [0, 0.1) is 11.3 Å². The zero-order valence-corrected chi connectivity index (χ0v) is 13.1. The number of hydrogen-bond donors (Lipinski definition) is 1. The molecular weight excluding hydrogens is 236 g/mol. The van der Waals surface area contributed by atoms with Crippen molar-refractivity contribution < 1.29 is 4.74 Å². The van der Waals surface area contributed by atoms with Crippen LogP contribution in [0.25, 0.3) is 0 Å². The van der Waals surface area contributed by atoms with Gasteiger partial charge in [-0.1, -0.05) is 20.8 Å². The highest BCUT2D eigenvalue weighted by Crippen LogP contribution is 2.32. The second-order valence-corrected chi connectivity index (χ2v) is 7.13. The summed E-state index contributed by atoms with van der Waals surface area (Å²) in [4.78, 5) is 2.71. The maximum absolute atomic E-state index is 5.60.